The van der Waals surface area contributed by atoms with E-state index in [1.807, 2.05) is 20.8 Å². The first-order chi connectivity index (χ1) is 8.44. The summed E-state index contributed by atoms with van der Waals surface area (Å²) in [5.74, 6) is 0.184. The van der Waals surface area contributed by atoms with Crippen LogP contribution in [-0.2, 0) is 10.3 Å². The molecule has 1 aromatic rings. The number of nitrogens with one attached hydrogen (secondary N) is 1. The standard InChI is InChI=1S/C13H20N2O3/c1-8(2)9-10(16)14-12(15-11(9)17)13(3)6-4-5-7-18-13/h8H,4-7H2,1-3H3,(H2,14,15,16,17). The minimum atomic E-state index is -0.593. The Morgan fingerprint density at radius 2 is 2.17 bits per heavy atom. The molecule has 1 atom stereocenters. The number of nitrogens with zero attached hydrogens (tertiary/aromatic N) is 1. The van der Waals surface area contributed by atoms with Crippen LogP contribution in [0.1, 0.15) is 57.3 Å². The van der Waals surface area contributed by atoms with Gasteiger partial charge in [0.05, 0.1) is 5.56 Å². The summed E-state index contributed by atoms with van der Waals surface area (Å²) in [5.41, 5.74) is -0.536. The third-order valence-corrected chi connectivity index (χ3v) is 3.48. The summed E-state index contributed by atoms with van der Waals surface area (Å²) in [6, 6.07) is 0. The number of aromatic hydroxyl groups is 1. The van der Waals surface area contributed by atoms with E-state index in [4.69, 9.17) is 4.74 Å². The number of hydrogen-bond acceptors (Lipinski definition) is 4. The molecule has 0 aliphatic carbocycles. The minimum Gasteiger partial charge on any atom is -0.493 e. The van der Waals surface area contributed by atoms with Crippen molar-refractivity contribution in [1.82, 2.24) is 9.97 Å². The van der Waals surface area contributed by atoms with Gasteiger partial charge in [0.1, 0.15) is 11.4 Å². The smallest absolute Gasteiger partial charge is 0.258 e. The van der Waals surface area contributed by atoms with Gasteiger partial charge in [0.25, 0.3) is 5.56 Å². The zero-order valence-electron chi connectivity index (χ0n) is 11.1. The van der Waals surface area contributed by atoms with Crippen LogP contribution in [0.4, 0.5) is 0 Å². The van der Waals surface area contributed by atoms with Crippen LogP contribution in [0.2, 0.25) is 0 Å². The van der Waals surface area contributed by atoms with Crippen LogP contribution in [0.5, 0.6) is 5.88 Å². The first-order valence-corrected chi connectivity index (χ1v) is 6.41. The summed E-state index contributed by atoms with van der Waals surface area (Å²) in [4.78, 5) is 18.9. The van der Waals surface area contributed by atoms with E-state index in [0.717, 1.165) is 19.3 Å². The van der Waals surface area contributed by atoms with E-state index in [2.05, 4.69) is 9.97 Å². The van der Waals surface area contributed by atoms with Gasteiger partial charge in [-0.1, -0.05) is 13.8 Å². The Labute approximate surface area is 106 Å². The van der Waals surface area contributed by atoms with Crippen molar-refractivity contribution in [3.05, 3.63) is 21.7 Å². The molecule has 1 aromatic heterocycles. The molecule has 1 saturated heterocycles. The molecule has 2 heterocycles. The van der Waals surface area contributed by atoms with Crippen molar-refractivity contribution < 1.29 is 9.84 Å². The fraction of sp³-hybridized carbons (Fsp3) is 0.692. The van der Waals surface area contributed by atoms with Crippen molar-refractivity contribution in [2.45, 2.75) is 51.6 Å². The third kappa shape index (κ3) is 2.27. The molecule has 0 amide bonds. The van der Waals surface area contributed by atoms with Crippen LogP contribution in [0.25, 0.3) is 0 Å². The number of aromatic nitrogens is 2. The van der Waals surface area contributed by atoms with E-state index >= 15 is 0 Å². The molecule has 0 aromatic carbocycles. The number of ether oxygens (including phenoxy) is 1. The fourth-order valence-corrected chi connectivity index (χ4v) is 2.36. The summed E-state index contributed by atoms with van der Waals surface area (Å²) in [5, 5.41) is 9.90. The highest BCUT2D eigenvalue weighted by Gasteiger charge is 2.33. The lowest BCUT2D eigenvalue weighted by Gasteiger charge is -2.32. The van der Waals surface area contributed by atoms with Crippen molar-refractivity contribution in [2.75, 3.05) is 6.61 Å². The molecule has 1 aliphatic rings. The summed E-state index contributed by atoms with van der Waals surface area (Å²) in [6.07, 6.45) is 2.86. The molecule has 1 fully saturated rings. The molecule has 100 valence electrons. The number of hydrogen-bond donors (Lipinski definition) is 2. The first-order valence-electron chi connectivity index (χ1n) is 6.41. The van der Waals surface area contributed by atoms with Gasteiger partial charge < -0.3 is 14.8 Å². The van der Waals surface area contributed by atoms with Gasteiger partial charge in [-0.3, -0.25) is 4.79 Å². The largest absolute Gasteiger partial charge is 0.493 e. The second-order valence-corrected chi connectivity index (χ2v) is 5.34. The SMILES string of the molecule is CC(C)c1c(O)nc(C2(C)CCCCO2)[nH]c1=O. The Morgan fingerprint density at radius 1 is 1.44 bits per heavy atom. The summed E-state index contributed by atoms with van der Waals surface area (Å²) < 4.78 is 5.72. The Kier molecular flexibility index (Phi) is 3.43. The Balaban J connectivity index is 2.44. The van der Waals surface area contributed by atoms with Gasteiger partial charge in [-0.2, -0.15) is 4.98 Å². The van der Waals surface area contributed by atoms with E-state index in [0.29, 0.717) is 18.0 Å². The van der Waals surface area contributed by atoms with E-state index in [1.54, 1.807) is 0 Å². The second-order valence-electron chi connectivity index (χ2n) is 5.34. The van der Waals surface area contributed by atoms with E-state index < -0.39 is 5.60 Å². The van der Waals surface area contributed by atoms with Gasteiger partial charge in [-0.15, -0.1) is 0 Å². The maximum absolute atomic E-state index is 12.0. The molecule has 5 heteroatoms. The molecule has 2 N–H and O–H groups in total. The maximum Gasteiger partial charge on any atom is 0.258 e. The van der Waals surface area contributed by atoms with Crippen LogP contribution in [0.15, 0.2) is 4.79 Å². The number of aromatic amines is 1. The van der Waals surface area contributed by atoms with Gasteiger partial charge in [0, 0.05) is 6.61 Å². The van der Waals surface area contributed by atoms with Crippen molar-refractivity contribution >= 4 is 0 Å². The number of rotatable bonds is 2. The zero-order valence-corrected chi connectivity index (χ0v) is 11.1. The lowest BCUT2D eigenvalue weighted by molar-refractivity contribution is -0.0765. The predicted octanol–water partition coefficient (Wildman–Crippen LogP) is 2.01. The molecule has 0 spiro atoms. The highest BCUT2D eigenvalue weighted by molar-refractivity contribution is 5.26. The molecule has 18 heavy (non-hydrogen) atoms. The Hall–Kier alpha value is -1.36. The molecule has 0 bridgehead atoms. The average molecular weight is 252 g/mol. The first kappa shape index (κ1) is 13.1. The van der Waals surface area contributed by atoms with Crippen molar-refractivity contribution in [1.29, 1.82) is 0 Å². The Bertz CT molecular complexity index is 487. The van der Waals surface area contributed by atoms with Crippen molar-refractivity contribution in [3.63, 3.8) is 0 Å². The van der Waals surface area contributed by atoms with Crippen LogP contribution in [0.3, 0.4) is 0 Å². The van der Waals surface area contributed by atoms with Crippen molar-refractivity contribution in [2.24, 2.45) is 0 Å². The normalized spacial score (nSPS) is 24.4. The lowest BCUT2D eigenvalue weighted by Crippen LogP contribution is -2.34. The molecule has 1 aliphatic heterocycles. The quantitative estimate of drug-likeness (QED) is 0.844. The van der Waals surface area contributed by atoms with E-state index in [9.17, 15) is 9.90 Å². The summed E-state index contributed by atoms with van der Waals surface area (Å²) in [6.45, 7) is 6.26. The third-order valence-electron chi connectivity index (χ3n) is 3.48. The Morgan fingerprint density at radius 3 is 2.67 bits per heavy atom. The van der Waals surface area contributed by atoms with Gasteiger partial charge in [-0.05, 0) is 32.1 Å². The van der Waals surface area contributed by atoms with Gasteiger partial charge in [-0.25, -0.2) is 0 Å². The molecular formula is C13H20N2O3. The minimum absolute atomic E-state index is 0.0598. The van der Waals surface area contributed by atoms with Crippen LogP contribution in [-0.4, -0.2) is 21.7 Å². The molecular weight excluding hydrogens is 232 g/mol. The summed E-state index contributed by atoms with van der Waals surface area (Å²) in [7, 11) is 0. The van der Waals surface area contributed by atoms with Crippen molar-refractivity contribution in [3.8, 4) is 5.88 Å². The molecule has 1 unspecified atom stereocenters. The van der Waals surface area contributed by atoms with E-state index in [1.165, 1.54) is 0 Å². The van der Waals surface area contributed by atoms with Gasteiger partial charge in [0.2, 0.25) is 5.88 Å². The predicted molar refractivity (Wildman–Crippen MR) is 67.8 cm³/mol. The maximum atomic E-state index is 12.0. The second kappa shape index (κ2) is 4.72. The lowest BCUT2D eigenvalue weighted by atomic mass is 9.94. The van der Waals surface area contributed by atoms with Crippen LogP contribution >= 0.6 is 0 Å². The van der Waals surface area contributed by atoms with Gasteiger partial charge in [0.15, 0.2) is 0 Å². The van der Waals surface area contributed by atoms with Crippen LogP contribution in [0, 0.1) is 0 Å². The fourth-order valence-electron chi connectivity index (χ4n) is 2.36. The molecule has 0 radical (unpaired) electrons. The van der Waals surface area contributed by atoms with E-state index in [-0.39, 0.29) is 17.4 Å². The molecule has 5 nitrogen and oxygen atoms in total. The monoisotopic (exact) mass is 252 g/mol. The average Bonchev–Trinajstić information content (AvgIpc) is 2.28. The highest BCUT2D eigenvalue weighted by atomic mass is 16.5. The summed E-state index contributed by atoms with van der Waals surface area (Å²) >= 11 is 0. The molecule has 2 rings (SSSR count). The van der Waals surface area contributed by atoms with Gasteiger partial charge >= 0.3 is 0 Å². The van der Waals surface area contributed by atoms with Crippen LogP contribution < -0.4 is 5.56 Å². The topological polar surface area (TPSA) is 75.2 Å². The highest BCUT2D eigenvalue weighted by Crippen LogP contribution is 2.33. The molecule has 0 saturated carbocycles. The number of H-pyrrole nitrogens is 1. The zero-order chi connectivity index (χ0) is 13.3.